The molecule has 2 aromatic rings. The van der Waals surface area contributed by atoms with Gasteiger partial charge in [-0.2, -0.15) is 0 Å². The van der Waals surface area contributed by atoms with Crippen molar-refractivity contribution in [3.63, 3.8) is 0 Å². The zero-order valence-corrected chi connectivity index (χ0v) is 15.8. The van der Waals surface area contributed by atoms with Gasteiger partial charge in [-0.25, -0.2) is 9.97 Å². The Balaban J connectivity index is 1.58. The average Bonchev–Trinajstić information content (AvgIpc) is 2.97. The molecule has 0 saturated carbocycles. The zero-order chi connectivity index (χ0) is 18.8. The first-order valence-corrected chi connectivity index (χ1v) is 9.37. The maximum Gasteiger partial charge on any atom is 0.256 e. The summed E-state index contributed by atoms with van der Waals surface area (Å²) in [7, 11) is 0. The number of nitrogens with one attached hydrogen (secondary N) is 1. The number of aryl methyl sites for hydroxylation is 2. The summed E-state index contributed by atoms with van der Waals surface area (Å²) < 4.78 is 3.08. The largest absolute Gasteiger partial charge is 0.354 e. The van der Waals surface area contributed by atoms with Gasteiger partial charge in [0.05, 0.1) is 12.4 Å². The Morgan fingerprint density at radius 2 is 2.12 bits per heavy atom. The Morgan fingerprint density at radius 3 is 2.88 bits per heavy atom. The maximum absolute atomic E-state index is 12.2. The minimum atomic E-state index is -0.193. The van der Waals surface area contributed by atoms with Crippen LogP contribution in [-0.4, -0.2) is 37.3 Å². The average molecular weight is 375 g/mol. The first kappa shape index (κ1) is 18.4. The number of amides is 1. The second-order valence-electron chi connectivity index (χ2n) is 6.36. The Morgan fingerprint density at radius 1 is 1.35 bits per heavy atom. The smallest absolute Gasteiger partial charge is 0.256 e. The topological polar surface area (TPSA) is 98.9 Å². The van der Waals surface area contributed by atoms with Crippen LogP contribution >= 0.6 is 11.8 Å². The molecule has 1 N–H and O–H groups in total. The zero-order valence-electron chi connectivity index (χ0n) is 15.0. The van der Waals surface area contributed by atoms with E-state index in [0.717, 1.165) is 0 Å². The first-order chi connectivity index (χ1) is 12.4. The number of hydrogen-bond acceptors (Lipinski definition) is 6. The van der Waals surface area contributed by atoms with Gasteiger partial charge < -0.3 is 5.32 Å². The molecule has 1 amide bonds. The lowest BCUT2D eigenvalue weighted by Gasteiger charge is -2.13. The lowest BCUT2D eigenvalue weighted by atomic mass is 10.2. The Bertz CT molecular complexity index is 966. The maximum atomic E-state index is 12.2. The fourth-order valence-corrected chi connectivity index (χ4v) is 4.04. The van der Waals surface area contributed by atoms with Crippen LogP contribution in [0.1, 0.15) is 29.4 Å². The van der Waals surface area contributed by atoms with Gasteiger partial charge >= 0.3 is 0 Å². The van der Waals surface area contributed by atoms with Crippen molar-refractivity contribution in [2.75, 3.05) is 12.3 Å². The van der Waals surface area contributed by atoms with Crippen LogP contribution in [-0.2, 0) is 11.3 Å². The Labute approximate surface area is 154 Å². The molecule has 0 fully saturated rings. The monoisotopic (exact) mass is 375 g/mol. The van der Waals surface area contributed by atoms with Gasteiger partial charge in [0.25, 0.3) is 11.1 Å². The molecular weight excluding hydrogens is 354 g/mol. The summed E-state index contributed by atoms with van der Waals surface area (Å²) in [6.45, 7) is 6.00. The summed E-state index contributed by atoms with van der Waals surface area (Å²) in [5, 5.41) is 3.48. The van der Waals surface area contributed by atoms with E-state index in [1.807, 2.05) is 0 Å². The molecule has 3 rings (SSSR count). The molecule has 8 nitrogen and oxygen atoms in total. The van der Waals surface area contributed by atoms with Crippen molar-refractivity contribution in [3.05, 3.63) is 50.1 Å². The fraction of sp³-hybridized carbons (Fsp3) is 0.471. The quantitative estimate of drug-likeness (QED) is 0.768. The van der Waals surface area contributed by atoms with E-state index < -0.39 is 0 Å². The van der Waals surface area contributed by atoms with Gasteiger partial charge in [-0.1, -0.05) is 11.8 Å². The standard InChI is InChI=1S/C17H21N5O3S/c1-10-6-15(24)22-13(8-26-17(22)20-10)7-14(23)18-4-5-21-9-19-12(3)11(2)16(21)25/h6,9,13H,4-5,7-8H2,1-3H3,(H,18,23). The molecule has 0 saturated heterocycles. The molecule has 3 heterocycles. The highest BCUT2D eigenvalue weighted by Crippen LogP contribution is 2.31. The number of nitrogens with zero attached hydrogens (tertiary/aromatic N) is 4. The second-order valence-corrected chi connectivity index (χ2v) is 7.35. The summed E-state index contributed by atoms with van der Waals surface area (Å²) in [4.78, 5) is 45.0. The third-order valence-corrected chi connectivity index (χ3v) is 5.53. The minimum Gasteiger partial charge on any atom is -0.354 e. The van der Waals surface area contributed by atoms with Crippen LogP contribution in [0, 0.1) is 20.8 Å². The van der Waals surface area contributed by atoms with Crippen LogP contribution in [0.4, 0.5) is 0 Å². The molecule has 0 spiro atoms. The molecule has 0 bridgehead atoms. The fourth-order valence-electron chi connectivity index (χ4n) is 2.85. The number of fused-ring (bicyclic) bond motifs is 1. The molecule has 1 unspecified atom stereocenters. The molecule has 2 aromatic heterocycles. The van der Waals surface area contributed by atoms with Gasteiger partial charge in [0, 0.05) is 48.3 Å². The number of rotatable bonds is 5. The van der Waals surface area contributed by atoms with E-state index in [4.69, 9.17) is 0 Å². The van der Waals surface area contributed by atoms with Crippen molar-refractivity contribution in [2.24, 2.45) is 0 Å². The summed E-state index contributed by atoms with van der Waals surface area (Å²) in [6, 6.07) is 1.29. The number of thioether (sulfide) groups is 1. The van der Waals surface area contributed by atoms with Gasteiger partial charge in [0.15, 0.2) is 5.16 Å². The van der Waals surface area contributed by atoms with Gasteiger partial charge in [-0.15, -0.1) is 0 Å². The van der Waals surface area contributed by atoms with E-state index in [1.165, 1.54) is 28.7 Å². The molecule has 0 aliphatic carbocycles. The summed E-state index contributed by atoms with van der Waals surface area (Å²) in [6.07, 6.45) is 1.71. The van der Waals surface area contributed by atoms with Crippen molar-refractivity contribution in [2.45, 2.75) is 44.9 Å². The van der Waals surface area contributed by atoms with Crippen molar-refractivity contribution >= 4 is 17.7 Å². The van der Waals surface area contributed by atoms with E-state index in [-0.39, 0.29) is 29.5 Å². The van der Waals surface area contributed by atoms with Crippen molar-refractivity contribution in [1.29, 1.82) is 0 Å². The lowest BCUT2D eigenvalue weighted by Crippen LogP contribution is -2.34. The van der Waals surface area contributed by atoms with Crippen molar-refractivity contribution < 1.29 is 4.79 Å². The van der Waals surface area contributed by atoms with Crippen LogP contribution in [0.15, 0.2) is 27.1 Å². The minimum absolute atomic E-state index is 0.0964. The number of carbonyl (C=O) groups is 1. The van der Waals surface area contributed by atoms with Gasteiger partial charge in [0.2, 0.25) is 5.91 Å². The highest BCUT2D eigenvalue weighted by atomic mass is 32.2. The second kappa shape index (κ2) is 7.45. The predicted molar refractivity (Wildman–Crippen MR) is 98.6 cm³/mol. The first-order valence-electron chi connectivity index (χ1n) is 8.39. The highest BCUT2D eigenvalue weighted by molar-refractivity contribution is 7.99. The van der Waals surface area contributed by atoms with E-state index >= 15 is 0 Å². The lowest BCUT2D eigenvalue weighted by molar-refractivity contribution is -0.121. The number of hydrogen-bond donors (Lipinski definition) is 1. The van der Waals surface area contributed by atoms with E-state index in [9.17, 15) is 14.4 Å². The Hall–Kier alpha value is -2.42. The van der Waals surface area contributed by atoms with Crippen molar-refractivity contribution in [1.82, 2.24) is 24.4 Å². The van der Waals surface area contributed by atoms with Gasteiger partial charge in [-0.05, 0) is 20.8 Å². The predicted octanol–water partition coefficient (Wildman–Crippen LogP) is 0.579. The van der Waals surface area contributed by atoms with Crippen LogP contribution in [0.2, 0.25) is 0 Å². The van der Waals surface area contributed by atoms with Crippen LogP contribution in [0.5, 0.6) is 0 Å². The summed E-state index contributed by atoms with van der Waals surface area (Å²) >= 11 is 1.49. The molecule has 1 atom stereocenters. The third-order valence-electron chi connectivity index (χ3n) is 4.43. The van der Waals surface area contributed by atoms with Crippen LogP contribution < -0.4 is 16.4 Å². The normalized spacial score (nSPS) is 15.7. The number of carbonyl (C=O) groups excluding carboxylic acids is 1. The molecule has 9 heteroatoms. The molecule has 138 valence electrons. The summed E-state index contributed by atoms with van der Waals surface area (Å²) in [5.74, 6) is 0.500. The van der Waals surface area contributed by atoms with Gasteiger partial charge in [0.1, 0.15) is 0 Å². The number of aromatic nitrogens is 4. The highest BCUT2D eigenvalue weighted by Gasteiger charge is 2.27. The van der Waals surface area contributed by atoms with Gasteiger partial charge in [-0.3, -0.25) is 23.5 Å². The molecule has 26 heavy (non-hydrogen) atoms. The van der Waals surface area contributed by atoms with E-state index in [0.29, 0.717) is 41.0 Å². The SMILES string of the molecule is Cc1cc(=O)n2c(n1)SCC2CC(=O)NCCn1cnc(C)c(C)c1=O. The van der Waals surface area contributed by atoms with Crippen LogP contribution in [0.25, 0.3) is 0 Å². The molecular formula is C17H21N5O3S. The third kappa shape index (κ3) is 3.72. The van der Waals surface area contributed by atoms with E-state index in [1.54, 1.807) is 25.3 Å². The molecule has 1 aliphatic heterocycles. The summed E-state index contributed by atoms with van der Waals surface area (Å²) in [5.41, 5.74) is 1.79. The molecule has 0 radical (unpaired) electrons. The molecule has 1 aliphatic rings. The van der Waals surface area contributed by atoms with E-state index in [2.05, 4.69) is 15.3 Å². The molecule has 0 aromatic carbocycles. The Kier molecular flexibility index (Phi) is 5.26. The van der Waals surface area contributed by atoms with Crippen molar-refractivity contribution in [3.8, 4) is 0 Å². The van der Waals surface area contributed by atoms with Crippen LogP contribution in [0.3, 0.4) is 0 Å².